The van der Waals surface area contributed by atoms with Crippen molar-refractivity contribution in [1.29, 1.82) is 0 Å². The summed E-state index contributed by atoms with van der Waals surface area (Å²) in [6, 6.07) is 0. The van der Waals surface area contributed by atoms with E-state index in [1.54, 1.807) is 0 Å². The van der Waals surface area contributed by atoms with E-state index in [1.807, 2.05) is 6.92 Å². The van der Waals surface area contributed by atoms with Crippen molar-refractivity contribution in [2.75, 3.05) is 0 Å². The highest BCUT2D eigenvalue weighted by Crippen LogP contribution is 2.59. The first kappa shape index (κ1) is 10.4. The van der Waals surface area contributed by atoms with Crippen molar-refractivity contribution in [2.24, 2.45) is 11.8 Å². The van der Waals surface area contributed by atoms with Gasteiger partial charge in [0.2, 0.25) is 0 Å². The maximum Gasteiger partial charge on any atom is 0.0978 e. The van der Waals surface area contributed by atoms with E-state index >= 15 is 0 Å². The molecule has 0 aliphatic heterocycles. The highest BCUT2D eigenvalue weighted by atomic mass is 32.1. The van der Waals surface area contributed by atoms with Crippen molar-refractivity contribution >= 4 is 12.6 Å². The lowest BCUT2D eigenvalue weighted by Gasteiger charge is -2.60. The van der Waals surface area contributed by atoms with E-state index in [0.29, 0.717) is 11.8 Å². The number of ether oxygens (including phenoxy) is 1. The minimum absolute atomic E-state index is 0.00940. The first-order valence-electron chi connectivity index (χ1n) is 6.07. The monoisotopic (exact) mass is 228 g/mol. The van der Waals surface area contributed by atoms with Gasteiger partial charge in [-0.3, -0.25) is 0 Å². The van der Waals surface area contributed by atoms with E-state index in [9.17, 15) is 5.11 Å². The Bertz CT molecular complexity index is 257. The van der Waals surface area contributed by atoms with Gasteiger partial charge in [-0.25, -0.2) is 0 Å². The van der Waals surface area contributed by atoms with Crippen molar-refractivity contribution in [2.45, 2.75) is 62.1 Å². The molecule has 0 radical (unpaired) electrons. The van der Waals surface area contributed by atoms with Crippen LogP contribution >= 0.6 is 12.6 Å². The Balaban J connectivity index is 1.86. The molecule has 4 fully saturated rings. The molecule has 4 bridgehead atoms. The zero-order valence-electron chi connectivity index (χ0n) is 9.28. The van der Waals surface area contributed by atoms with Crippen LogP contribution in [-0.2, 0) is 4.74 Å². The topological polar surface area (TPSA) is 29.5 Å². The molecule has 86 valence electrons. The Morgan fingerprint density at radius 2 is 1.87 bits per heavy atom. The van der Waals surface area contributed by atoms with Crippen molar-refractivity contribution in [1.82, 2.24) is 0 Å². The summed E-state index contributed by atoms with van der Waals surface area (Å²) in [7, 11) is 0. The fraction of sp³-hybridized carbons (Fsp3) is 1.00. The summed E-state index contributed by atoms with van der Waals surface area (Å²) in [6.45, 7) is 1.98. The second-order valence-corrected chi connectivity index (χ2v) is 6.81. The maximum atomic E-state index is 10.5. The first-order valence-corrected chi connectivity index (χ1v) is 6.59. The van der Waals surface area contributed by atoms with Crippen LogP contribution in [0.15, 0.2) is 0 Å². The molecule has 0 spiro atoms. The van der Waals surface area contributed by atoms with E-state index in [2.05, 4.69) is 12.6 Å². The van der Waals surface area contributed by atoms with Crippen LogP contribution in [0.2, 0.25) is 0 Å². The molecule has 3 heteroatoms. The summed E-state index contributed by atoms with van der Waals surface area (Å²) in [6.07, 6.45) is 6.48. The minimum Gasteiger partial charge on any atom is -0.390 e. The summed E-state index contributed by atoms with van der Waals surface area (Å²) in [4.78, 5) is 0. The van der Waals surface area contributed by atoms with Crippen LogP contribution in [0.1, 0.15) is 45.4 Å². The largest absolute Gasteiger partial charge is 0.390 e. The average Bonchev–Trinajstić information content (AvgIpc) is 1.94. The predicted octanol–water partition coefficient (Wildman–Crippen LogP) is 2.36. The third-order valence-corrected chi connectivity index (χ3v) is 4.50. The third kappa shape index (κ3) is 1.73. The predicted molar refractivity (Wildman–Crippen MR) is 61.9 cm³/mol. The summed E-state index contributed by atoms with van der Waals surface area (Å²) in [5.41, 5.74) is -0.461. The van der Waals surface area contributed by atoms with E-state index in [4.69, 9.17) is 4.74 Å². The zero-order valence-corrected chi connectivity index (χ0v) is 10.2. The molecular weight excluding hydrogens is 208 g/mol. The first-order chi connectivity index (χ1) is 6.99. The number of thiol groups is 1. The maximum absolute atomic E-state index is 10.5. The number of hydrogen-bond acceptors (Lipinski definition) is 3. The lowest BCUT2D eigenvalue weighted by atomic mass is 9.52. The van der Waals surface area contributed by atoms with E-state index < -0.39 is 5.60 Å². The Morgan fingerprint density at radius 1 is 1.27 bits per heavy atom. The molecule has 0 aromatic heterocycles. The van der Waals surface area contributed by atoms with Crippen molar-refractivity contribution in [3.63, 3.8) is 0 Å². The lowest BCUT2D eigenvalue weighted by Crippen LogP contribution is -2.60. The summed E-state index contributed by atoms with van der Waals surface area (Å²) >= 11 is 4.34. The van der Waals surface area contributed by atoms with Gasteiger partial charge in [-0.15, -0.1) is 12.6 Å². The van der Waals surface area contributed by atoms with Gasteiger partial charge in [0.15, 0.2) is 0 Å². The van der Waals surface area contributed by atoms with Gasteiger partial charge < -0.3 is 9.84 Å². The van der Waals surface area contributed by atoms with E-state index in [1.165, 1.54) is 6.42 Å². The molecule has 2 nitrogen and oxygen atoms in total. The standard InChI is InChI=1S/C12H20O2S/c1-8(15)14-12-5-9-2-10(6-12)4-11(13,3-9)7-12/h8-10,13,15H,2-7H2,1H3. The molecule has 0 amide bonds. The Labute approximate surface area is 96.8 Å². The van der Waals surface area contributed by atoms with Gasteiger partial charge in [-0.2, -0.15) is 0 Å². The Kier molecular flexibility index (Phi) is 2.19. The number of rotatable bonds is 2. The second-order valence-electron chi connectivity index (χ2n) is 6.09. The lowest BCUT2D eigenvalue weighted by molar-refractivity contribution is -0.222. The SMILES string of the molecule is CC(S)OC12CC3CC(CC(O)(C3)C1)C2. The number of aliphatic hydroxyl groups is 1. The van der Waals surface area contributed by atoms with Crippen molar-refractivity contribution in [3.8, 4) is 0 Å². The molecule has 4 rings (SSSR count). The van der Waals surface area contributed by atoms with Gasteiger partial charge in [0, 0.05) is 6.42 Å². The van der Waals surface area contributed by atoms with E-state index in [-0.39, 0.29) is 11.0 Å². The molecule has 3 unspecified atom stereocenters. The average molecular weight is 228 g/mol. The van der Waals surface area contributed by atoms with Gasteiger partial charge in [0.1, 0.15) is 0 Å². The molecule has 0 aromatic carbocycles. The van der Waals surface area contributed by atoms with Crippen LogP contribution in [0.5, 0.6) is 0 Å². The van der Waals surface area contributed by atoms with Crippen LogP contribution in [0.4, 0.5) is 0 Å². The summed E-state index contributed by atoms with van der Waals surface area (Å²) in [5.74, 6) is 1.40. The van der Waals surface area contributed by atoms with Gasteiger partial charge in [0.25, 0.3) is 0 Å². The Morgan fingerprint density at radius 3 is 2.33 bits per heavy atom. The highest BCUT2D eigenvalue weighted by molar-refractivity contribution is 7.80. The fourth-order valence-electron chi connectivity index (χ4n) is 4.63. The summed E-state index contributed by atoms with van der Waals surface area (Å²) in [5, 5.41) is 10.5. The van der Waals surface area contributed by atoms with Gasteiger partial charge in [-0.1, -0.05) is 0 Å². The molecule has 15 heavy (non-hydrogen) atoms. The fourth-order valence-corrected chi connectivity index (χ4v) is 4.85. The molecule has 3 atom stereocenters. The van der Waals surface area contributed by atoms with Gasteiger partial charge in [-0.05, 0) is 50.9 Å². The van der Waals surface area contributed by atoms with Crippen LogP contribution in [0.3, 0.4) is 0 Å². The number of hydrogen-bond donors (Lipinski definition) is 2. The Hall–Kier alpha value is 0.270. The van der Waals surface area contributed by atoms with Crippen molar-refractivity contribution < 1.29 is 9.84 Å². The smallest absolute Gasteiger partial charge is 0.0978 e. The van der Waals surface area contributed by atoms with Crippen LogP contribution < -0.4 is 0 Å². The normalized spacial score (nSPS) is 54.6. The third-order valence-electron chi connectivity index (χ3n) is 4.40. The molecule has 0 saturated heterocycles. The summed E-state index contributed by atoms with van der Waals surface area (Å²) < 4.78 is 6.02. The molecule has 4 saturated carbocycles. The van der Waals surface area contributed by atoms with Crippen LogP contribution in [0, 0.1) is 11.8 Å². The second kappa shape index (κ2) is 3.14. The molecule has 4 aliphatic rings. The molecule has 0 heterocycles. The zero-order chi connectivity index (χ0) is 10.7. The molecule has 0 aromatic rings. The van der Waals surface area contributed by atoms with Gasteiger partial charge in [0.05, 0.1) is 16.6 Å². The van der Waals surface area contributed by atoms with E-state index in [0.717, 1.165) is 32.1 Å². The molecular formula is C12H20O2S. The van der Waals surface area contributed by atoms with Gasteiger partial charge >= 0.3 is 0 Å². The quantitative estimate of drug-likeness (QED) is 0.561. The van der Waals surface area contributed by atoms with Crippen molar-refractivity contribution in [3.05, 3.63) is 0 Å². The van der Waals surface area contributed by atoms with Crippen LogP contribution in [-0.4, -0.2) is 21.7 Å². The minimum atomic E-state index is -0.410. The highest BCUT2D eigenvalue weighted by Gasteiger charge is 2.58. The molecule has 4 aliphatic carbocycles. The van der Waals surface area contributed by atoms with Crippen LogP contribution in [0.25, 0.3) is 0 Å². The molecule has 1 N–H and O–H groups in total.